The van der Waals surface area contributed by atoms with E-state index in [9.17, 15) is 9.90 Å². The van der Waals surface area contributed by atoms with Crippen LogP contribution in [0.15, 0.2) is 30.3 Å². The van der Waals surface area contributed by atoms with Gasteiger partial charge in [-0.15, -0.1) is 0 Å². The zero-order chi connectivity index (χ0) is 8.27. The first-order valence-corrected chi connectivity index (χ1v) is 3.23. The minimum absolute atomic E-state index is 0. The Labute approximate surface area is 70.6 Å². The molecule has 4 nitrogen and oxygen atoms in total. The van der Waals surface area contributed by atoms with E-state index < -0.39 is 12.0 Å². The lowest BCUT2D eigenvalue weighted by molar-refractivity contribution is -0.307. The van der Waals surface area contributed by atoms with Crippen molar-refractivity contribution in [2.45, 2.75) is 6.04 Å². The molecular weight excluding hydrogens is 156 g/mol. The highest BCUT2D eigenvalue weighted by atomic mass is 16.4. The van der Waals surface area contributed by atoms with E-state index in [2.05, 4.69) is 0 Å². The second-order valence-corrected chi connectivity index (χ2v) is 2.21. The minimum atomic E-state index is -1.25. The lowest BCUT2D eigenvalue weighted by atomic mass is 10.1. The molecule has 4 heteroatoms. The fraction of sp³-hybridized carbons (Fsp3) is 0.125. The van der Waals surface area contributed by atoms with E-state index in [0.29, 0.717) is 5.56 Å². The standard InChI is InChI=1S/C8H9NO2.H3N/c9-7(8(10)11)6-4-2-1-3-5-6;/h1-5,7H,9H2,(H,10,11);1H3/t7-;/m0./s1. The number of benzene rings is 1. The first-order chi connectivity index (χ1) is 5.22. The van der Waals surface area contributed by atoms with Crippen LogP contribution in [0.5, 0.6) is 0 Å². The summed E-state index contributed by atoms with van der Waals surface area (Å²) < 4.78 is 0. The normalized spacial score (nSPS) is 11.4. The fourth-order valence-corrected chi connectivity index (χ4v) is 0.796. The van der Waals surface area contributed by atoms with E-state index in [1.165, 1.54) is 0 Å². The van der Waals surface area contributed by atoms with E-state index in [1.54, 1.807) is 30.3 Å². The summed E-state index contributed by atoms with van der Waals surface area (Å²) in [4.78, 5) is 10.3. The van der Waals surface area contributed by atoms with Gasteiger partial charge in [-0.2, -0.15) is 0 Å². The third-order valence-electron chi connectivity index (χ3n) is 1.41. The topological polar surface area (TPSA) is 103 Å². The third-order valence-corrected chi connectivity index (χ3v) is 1.41. The van der Waals surface area contributed by atoms with Crippen molar-refractivity contribution in [3.8, 4) is 0 Å². The van der Waals surface area contributed by atoms with Crippen LogP contribution in [0.2, 0.25) is 0 Å². The zero-order valence-electron chi connectivity index (χ0n) is 6.86. The molecule has 12 heavy (non-hydrogen) atoms. The van der Waals surface area contributed by atoms with Gasteiger partial charge in [-0.1, -0.05) is 30.3 Å². The molecule has 1 atom stereocenters. The van der Waals surface area contributed by atoms with Gasteiger partial charge in [0.2, 0.25) is 0 Å². The molecule has 1 rings (SSSR count). The molecule has 0 bridgehead atoms. The maximum absolute atomic E-state index is 10.3. The number of nitrogens with two attached hydrogens (primary N) is 1. The van der Waals surface area contributed by atoms with Crippen molar-refractivity contribution in [2.24, 2.45) is 5.73 Å². The van der Waals surface area contributed by atoms with Gasteiger partial charge in [-0.05, 0) is 5.56 Å². The second kappa shape index (κ2) is 4.48. The van der Waals surface area contributed by atoms with Crippen LogP contribution in [0, 0.1) is 0 Å². The van der Waals surface area contributed by atoms with Gasteiger partial charge in [0.25, 0.3) is 0 Å². The Balaban J connectivity index is 0.00000121. The molecule has 0 aliphatic rings. The summed E-state index contributed by atoms with van der Waals surface area (Å²) in [5, 5.41) is 10.3. The number of aliphatic carboxylic acids is 1. The van der Waals surface area contributed by atoms with Gasteiger partial charge in [0.05, 0.1) is 12.0 Å². The van der Waals surface area contributed by atoms with E-state index in [0.717, 1.165) is 0 Å². The van der Waals surface area contributed by atoms with Gasteiger partial charge < -0.3 is 21.8 Å². The molecule has 0 heterocycles. The molecule has 0 saturated heterocycles. The van der Waals surface area contributed by atoms with Crippen LogP contribution in [0.1, 0.15) is 11.6 Å². The van der Waals surface area contributed by atoms with E-state index in [4.69, 9.17) is 5.73 Å². The van der Waals surface area contributed by atoms with E-state index >= 15 is 0 Å². The Morgan fingerprint density at radius 2 is 1.83 bits per heavy atom. The van der Waals surface area contributed by atoms with Crippen LogP contribution in [-0.2, 0) is 4.79 Å². The number of hydrogen-bond donors (Lipinski definition) is 2. The number of carbonyl (C=O) groups is 1. The minimum Gasteiger partial charge on any atom is -0.548 e. The molecule has 0 aliphatic heterocycles. The molecule has 66 valence electrons. The molecule has 0 spiro atoms. The lowest BCUT2D eigenvalue weighted by Gasteiger charge is -2.11. The molecule has 0 saturated carbocycles. The molecule has 0 radical (unpaired) electrons. The fourth-order valence-electron chi connectivity index (χ4n) is 0.796. The number of carboxylic acids is 1. The van der Waals surface area contributed by atoms with E-state index in [1.807, 2.05) is 0 Å². The average Bonchev–Trinajstić information content (AvgIpc) is 2.05. The van der Waals surface area contributed by atoms with Crippen molar-refractivity contribution in [1.29, 1.82) is 0 Å². The van der Waals surface area contributed by atoms with Crippen molar-refractivity contribution >= 4 is 5.97 Å². The molecule has 1 aromatic rings. The van der Waals surface area contributed by atoms with Crippen LogP contribution in [0.3, 0.4) is 0 Å². The highest BCUT2D eigenvalue weighted by molar-refractivity contribution is 5.72. The number of quaternary nitrogens is 1. The number of rotatable bonds is 2. The van der Waals surface area contributed by atoms with Crippen LogP contribution in [-0.4, -0.2) is 5.97 Å². The SMILES string of the molecule is N[C@H](C(=O)[O-])c1ccccc1.[NH4+]. The second-order valence-electron chi connectivity index (χ2n) is 2.21. The van der Waals surface area contributed by atoms with Gasteiger partial charge >= 0.3 is 0 Å². The average molecular weight is 168 g/mol. The number of hydrogen-bond acceptors (Lipinski definition) is 3. The molecular formula is C8H12N2O2. The predicted molar refractivity (Wildman–Crippen MR) is 44.4 cm³/mol. The van der Waals surface area contributed by atoms with Gasteiger partial charge in [0.15, 0.2) is 0 Å². The smallest absolute Gasteiger partial charge is 0.0699 e. The van der Waals surface area contributed by atoms with Crippen molar-refractivity contribution in [1.82, 2.24) is 6.15 Å². The summed E-state index contributed by atoms with van der Waals surface area (Å²) in [6.07, 6.45) is 0. The van der Waals surface area contributed by atoms with Crippen molar-refractivity contribution < 1.29 is 9.90 Å². The summed E-state index contributed by atoms with van der Waals surface area (Å²) >= 11 is 0. The lowest BCUT2D eigenvalue weighted by Crippen LogP contribution is -2.34. The molecule has 0 aromatic heterocycles. The van der Waals surface area contributed by atoms with Gasteiger partial charge in [-0.25, -0.2) is 0 Å². The first kappa shape index (κ1) is 10.6. The van der Waals surface area contributed by atoms with Crippen molar-refractivity contribution in [3.63, 3.8) is 0 Å². The maximum atomic E-state index is 10.3. The van der Waals surface area contributed by atoms with Gasteiger partial charge in [0, 0.05) is 0 Å². The van der Waals surface area contributed by atoms with Gasteiger partial charge in [0.1, 0.15) is 0 Å². The quantitative estimate of drug-likeness (QED) is 0.639. The van der Waals surface area contributed by atoms with Gasteiger partial charge in [-0.3, -0.25) is 0 Å². The summed E-state index contributed by atoms with van der Waals surface area (Å²) in [5.74, 6) is -1.25. The predicted octanol–water partition coefficient (Wildman–Crippen LogP) is -0.187. The van der Waals surface area contributed by atoms with Crippen LogP contribution < -0.4 is 17.0 Å². The van der Waals surface area contributed by atoms with Crippen molar-refractivity contribution in [3.05, 3.63) is 35.9 Å². The van der Waals surface area contributed by atoms with Crippen LogP contribution in [0.4, 0.5) is 0 Å². The Morgan fingerprint density at radius 1 is 1.33 bits per heavy atom. The Kier molecular flexibility index (Phi) is 3.96. The van der Waals surface area contributed by atoms with E-state index in [-0.39, 0.29) is 6.15 Å². The van der Waals surface area contributed by atoms with Crippen molar-refractivity contribution in [2.75, 3.05) is 0 Å². The summed E-state index contributed by atoms with van der Waals surface area (Å²) in [7, 11) is 0. The molecule has 0 aliphatic carbocycles. The Morgan fingerprint density at radius 3 is 2.25 bits per heavy atom. The molecule has 6 N–H and O–H groups in total. The molecule has 1 aromatic carbocycles. The van der Waals surface area contributed by atoms with Crippen LogP contribution >= 0.6 is 0 Å². The zero-order valence-corrected chi connectivity index (χ0v) is 6.86. The Bertz CT molecular complexity index is 248. The molecule has 0 fully saturated rings. The number of carboxylic acid groups (broad SMARTS) is 1. The molecule has 0 unspecified atom stereocenters. The molecule has 0 amide bonds. The summed E-state index contributed by atoms with van der Waals surface area (Å²) in [6, 6.07) is 7.55. The van der Waals surface area contributed by atoms with Crippen LogP contribution in [0.25, 0.3) is 0 Å². The maximum Gasteiger partial charge on any atom is 0.0699 e. The monoisotopic (exact) mass is 168 g/mol. The summed E-state index contributed by atoms with van der Waals surface area (Å²) in [5.41, 5.74) is 5.84. The highest BCUT2D eigenvalue weighted by Crippen LogP contribution is 2.07. The first-order valence-electron chi connectivity index (χ1n) is 3.23. The highest BCUT2D eigenvalue weighted by Gasteiger charge is 2.03. The number of carbonyl (C=O) groups excluding carboxylic acids is 1. The third kappa shape index (κ3) is 2.34. The summed E-state index contributed by atoms with van der Waals surface area (Å²) in [6.45, 7) is 0. The Hall–Kier alpha value is -1.39. The largest absolute Gasteiger partial charge is 0.548 e.